The molecule has 0 aliphatic carbocycles. The van der Waals surface area contributed by atoms with Gasteiger partial charge in [-0.2, -0.15) is 0 Å². The number of nitrogens with two attached hydrogens (primary N) is 1. The van der Waals surface area contributed by atoms with Gasteiger partial charge in [0.15, 0.2) is 9.84 Å². The number of unbranched alkanes of at least 4 members (excludes halogenated alkanes) is 2. The van der Waals surface area contributed by atoms with E-state index in [4.69, 9.17) is 5.73 Å². The fraction of sp³-hybridized carbons (Fsp3) is 0.909. The Bertz CT molecular complexity index is 359. The third-order valence-corrected chi connectivity index (χ3v) is 4.58. The molecule has 0 spiro atoms. The molecule has 1 atom stereocenters. The summed E-state index contributed by atoms with van der Waals surface area (Å²) in [6, 6.07) is 0.00162. The zero-order chi connectivity index (χ0) is 12.9. The molecule has 1 fully saturated rings. The molecule has 7 heteroatoms. The Balaban J connectivity index is 0.00000289. The number of sulfone groups is 1. The van der Waals surface area contributed by atoms with Crippen LogP contribution in [0.1, 0.15) is 32.6 Å². The van der Waals surface area contributed by atoms with E-state index in [1.165, 1.54) is 0 Å². The maximum Gasteiger partial charge on any atom is 0.237 e. The van der Waals surface area contributed by atoms with Crippen molar-refractivity contribution >= 4 is 28.2 Å². The molecule has 0 aromatic carbocycles. The molecule has 1 rings (SSSR count). The van der Waals surface area contributed by atoms with Crippen LogP contribution in [0.4, 0.5) is 0 Å². The Labute approximate surface area is 115 Å². The van der Waals surface area contributed by atoms with Crippen molar-refractivity contribution in [2.75, 3.05) is 24.6 Å². The van der Waals surface area contributed by atoms with Crippen molar-refractivity contribution in [2.24, 2.45) is 5.73 Å². The summed E-state index contributed by atoms with van der Waals surface area (Å²) in [6.07, 6.45) is 3.28. The molecule has 0 aromatic rings. The molecule has 0 aromatic heterocycles. The van der Waals surface area contributed by atoms with Crippen molar-refractivity contribution < 1.29 is 13.2 Å². The minimum absolute atomic E-state index is 0. The normalized spacial score (nSPS) is 19.7. The lowest BCUT2D eigenvalue weighted by molar-refractivity contribution is -0.127. The van der Waals surface area contributed by atoms with Gasteiger partial charge in [-0.05, 0) is 12.8 Å². The number of carbonyl (C=O) groups is 1. The first-order chi connectivity index (χ1) is 7.94. The smallest absolute Gasteiger partial charge is 0.237 e. The van der Waals surface area contributed by atoms with Gasteiger partial charge in [-0.25, -0.2) is 8.42 Å². The number of nitrogens with zero attached hydrogens (tertiary/aromatic N) is 1. The Kier molecular flexibility index (Phi) is 7.82. The average molecular weight is 299 g/mol. The molecule has 0 radical (unpaired) electrons. The van der Waals surface area contributed by atoms with Gasteiger partial charge in [0, 0.05) is 19.1 Å². The average Bonchev–Trinajstić information content (AvgIpc) is 2.64. The van der Waals surface area contributed by atoms with E-state index in [1.807, 2.05) is 6.92 Å². The number of likely N-dealkylation sites (tertiary alicyclic amines) is 1. The van der Waals surface area contributed by atoms with Crippen LogP contribution in [0, 0.1) is 0 Å². The van der Waals surface area contributed by atoms with Crippen molar-refractivity contribution in [1.29, 1.82) is 0 Å². The summed E-state index contributed by atoms with van der Waals surface area (Å²) in [5.74, 6) is -0.537. The van der Waals surface area contributed by atoms with E-state index in [9.17, 15) is 13.2 Å². The predicted molar refractivity (Wildman–Crippen MR) is 74.6 cm³/mol. The third kappa shape index (κ3) is 6.02. The summed E-state index contributed by atoms with van der Waals surface area (Å²) in [4.78, 5) is 13.3. The van der Waals surface area contributed by atoms with Crippen LogP contribution < -0.4 is 5.73 Å². The first-order valence-electron chi connectivity index (χ1n) is 6.18. The molecule has 1 aliphatic heterocycles. The minimum atomic E-state index is -3.24. The molecule has 1 aliphatic rings. The Morgan fingerprint density at radius 3 is 2.56 bits per heavy atom. The molecule has 1 saturated heterocycles. The molecular weight excluding hydrogens is 276 g/mol. The minimum Gasteiger partial charge on any atom is -0.340 e. The number of hydrogen-bond donors (Lipinski definition) is 1. The van der Waals surface area contributed by atoms with Gasteiger partial charge in [-0.1, -0.05) is 19.8 Å². The van der Waals surface area contributed by atoms with Gasteiger partial charge in [0.1, 0.15) is 5.75 Å². The van der Waals surface area contributed by atoms with Gasteiger partial charge in [-0.15, -0.1) is 12.4 Å². The second-order valence-electron chi connectivity index (χ2n) is 4.69. The molecule has 2 N–H and O–H groups in total. The number of halogens is 1. The monoisotopic (exact) mass is 298 g/mol. The standard InChI is InChI=1S/C11H22N2O3S.ClH/c1-2-3-4-7-17(15,16)9-11(14)13-6-5-10(12)8-13;/h10H,2-9,12H2,1H3;1H/t10-;/m1./s1. The van der Waals surface area contributed by atoms with Crippen LogP contribution in [0.25, 0.3) is 0 Å². The first kappa shape index (κ1) is 17.7. The summed E-state index contributed by atoms with van der Waals surface area (Å²) in [5, 5.41) is 0. The van der Waals surface area contributed by atoms with Gasteiger partial charge in [0.25, 0.3) is 0 Å². The highest BCUT2D eigenvalue weighted by Crippen LogP contribution is 2.09. The molecular formula is C11H23ClN2O3S. The second-order valence-corrected chi connectivity index (χ2v) is 6.87. The molecule has 108 valence electrons. The Morgan fingerprint density at radius 2 is 2.06 bits per heavy atom. The lowest BCUT2D eigenvalue weighted by Gasteiger charge is -2.15. The van der Waals surface area contributed by atoms with Crippen LogP contribution >= 0.6 is 12.4 Å². The van der Waals surface area contributed by atoms with E-state index in [0.29, 0.717) is 19.5 Å². The fourth-order valence-electron chi connectivity index (χ4n) is 1.94. The van der Waals surface area contributed by atoms with Crippen LogP contribution in [-0.2, 0) is 14.6 Å². The molecule has 1 heterocycles. The molecule has 1 amide bonds. The number of amides is 1. The molecule has 0 saturated carbocycles. The van der Waals surface area contributed by atoms with E-state index in [1.54, 1.807) is 4.90 Å². The van der Waals surface area contributed by atoms with Crippen molar-refractivity contribution in [1.82, 2.24) is 4.90 Å². The largest absolute Gasteiger partial charge is 0.340 e. The molecule has 5 nitrogen and oxygen atoms in total. The lowest BCUT2D eigenvalue weighted by Crippen LogP contribution is -2.36. The number of hydrogen-bond acceptors (Lipinski definition) is 4. The van der Waals surface area contributed by atoms with Crippen molar-refractivity contribution in [3.05, 3.63) is 0 Å². The van der Waals surface area contributed by atoms with E-state index in [0.717, 1.165) is 19.3 Å². The zero-order valence-corrected chi connectivity index (χ0v) is 12.4. The second kappa shape index (κ2) is 7.96. The third-order valence-electron chi connectivity index (χ3n) is 2.98. The van der Waals surface area contributed by atoms with Crippen molar-refractivity contribution in [3.8, 4) is 0 Å². The SMILES string of the molecule is CCCCCS(=O)(=O)CC(=O)N1CC[C@@H](N)C1.Cl. The summed E-state index contributed by atoms with van der Waals surface area (Å²) in [7, 11) is -3.24. The number of carbonyl (C=O) groups excluding carboxylic acids is 1. The molecule has 0 unspecified atom stereocenters. The lowest BCUT2D eigenvalue weighted by atomic mass is 10.3. The van der Waals surface area contributed by atoms with Crippen LogP contribution in [0.2, 0.25) is 0 Å². The van der Waals surface area contributed by atoms with Crippen LogP contribution in [0.5, 0.6) is 0 Å². The summed E-state index contributed by atoms with van der Waals surface area (Å²) in [5.41, 5.74) is 5.68. The maximum atomic E-state index is 11.7. The summed E-state index contributed by atoms with van der Waals surface area (Å²) >= 11 is 0. The highest BCUT2D eigenvalue weighted by Gasteiger charge is 2.26. The topological polar surface area (TPSA) is 80.5 Å². The van der Waals surface area contributed by atoms with Gasteiger partial charge >= 0.3 is 0 Å². The van der Waals surface area contributed by atoms with E-state index in [2.05, 4.69) is 0 Å². The zero-order valence-electron chi connectivity index (χ0n) is 10.8. The molecule has 18 heavy (non-hydrogen) atoms. The van der Waals surface area contributed by atoms with Gasteiger partial charge in [0.2, 0.25) is 5.91 Å². The van der Waals surface area contributed by atoms with E-state index < -0.39 is 9.84 Å². The summed E-state index contributed by atoms with van der Waals surface area (Å²) in [6.45, 7) is 3.09. The Hall–Kier alpha value is -0.330. The summed E-state index contributed by atoms with van der Waals surface area (Å²) < 4.78 is 23.4. The van der Waals surface area contributed by atoms with Crippen LogP contribution in [0.3, 0.4) is 0 Å². The van der Waals surface area contributed by atoms with Crippen molar-refractivity contribution in [2.45, 2.75) is 38.6 Å². The quantitative estimate of drug-likeness (QED) is 0.727. The van der Waals surface area contributed by atoms with E-state index in [-0.39, 0.29) is 35.9 Å². The fourth-order valence-corrected chi connectivity index (χ4v) is 3.28. The van der Waals surface area contributed by atoms with Gasteiger partial charge in [0.05, 0.1) is 5.75 Å². The predicted octanol–water partition coefficient (Wildman–Crippen LogP) is 0.573. The number of rotatable bonds is 6. The highest BCUT2D eigenvalue weighted by molar-refractivity contribution is 7.92. The van der Waals surface area contributed by atoms with Crippen molar-refractivity contribution in [3.63, 3.8) is 0 Å². The van der Waals surface area contributed by atoms with Crippen LogP contribution in [-0.4, -0.2) is 49.9 Å². The highest BCUT2D eigenvalue weighted by atomic mass is 35.5. The molecule has 0 bridgehead atoms. The Morgan fingerprint density at radius 1 is 1.39 bits per heavy atom. The van der Waals surface area contributed by atoms with Crippen LogP contribution in [0.15, 0.2) is 0 Å². The van der Waals surface area contributed by atoms with Gasteiger partial charge < -0.3 is 10.6 Å². The first-order valence-corrected chi connectivity index (χ1v) is 8.00. The van der Waals surface area contributed by atoms with Gasteiger partial charge in [-0.3, -0.25) is 4.79 Å². The van der Waals surface area contributed by atoms with E-state index >= 15 is 0 Å². The maximum absolute atomic E-state index is 11.7.